The van der Waals surface area contributed by atoms with Gasteiger partial charge in [0.15, 0.2) is 0 Å². The molecule has 0 aromatic carbocycles. The van der Waals surface area contributed by atoms with Crippen LogP contribution in [0.1, 0.15) is 45.7 Å². The molecule has 1 heterocycles. The highest BCUT2D eigenvalue weighted by atomic mass is 15.1. The maximum absolute atomic E-state index is 3.95. The predicted octanol–water partition coefficient (Wildman–Crippen LogP) is 2.49. The van der Waals surface area contributed by atoms with Crippen LogP contribution in [-0.2, 0) is 0 Å². The molecule has 3 atom stereocenters. The van der Waals surface area contributed by atoms with E-state index in [1.807, 2.05) is 12.4 Å². The molecule has 0 aliphatic rings. The number of rotatable bonds is 5. The van der Waals surface area contributed by atoms with Crippen molar-refractivity contribution in [2.75, 3.05) is 0 Å². The van der Waals surface area contributed by atoms with Crippen LogP contribution in [-0.4, -0.2) is 16.2 Å². The van der Waals surface area contributed by atoms with E-state index in [0.717, 1.165) is 0 Å². The molecule has 0 spiro atoms. The van der Waals surface area contributed by atoms with Crippen LogP contribution in [0.2, 0.25) is 0 Å². The molecule has 0 aliphatic heterocycles. The Bertz CT molecular complexity index is 243. The summed E-state index contributed by atoms with van der Waals surface area (Å²) < 4.78 is 0. The van der Waals surface area contributed by atoms with Crippen molar-refractivity contribution < 1.29 is 0 Å². The van der Waals surface area contributed by atoms with Crippen LogP contribution in [0.3, 0.4) is 0 Å². The number of aromatic nitrogens is 2. The molecule has 14 heavy (non-hydrogen) atoms. The Kier molecular flexibility index (Phi) is 4.14. The fourth-order valence-corrected chi connectivity index (χ4v) is 1.51. The summed E-state index contributed by atoms with van der Waals surface area (Å²) in [5.74, 6) is 0.712. The molecule has 1 rings (SSSR count). The van der Waals surface area contributed by atoms with Gasteiger partial charge in [0.05, 0.1) is 6.20 Å². The minimum Gasteiger partial charge on any atom is -0.307 e. The van der Waals surface area contributed by atoms with Gasteiger partial charge in [-0.05, 0) is 19.8 Å². The van der Waals surface area contributed by atoms with Gasteiger partial charge in [0.1, 0.15) is 0 Å². The van der Waals surface area contributed by atoms with E-state index in [2.05, 4.69) is 43.2 Å². The SMILES string of the molecule is CCC(C)C(C)NC(C)c1cn[nH]c1. The fraction of sp³-hybridized carbons (Fsp3) is 0.727. The molecule has 3 nitrogen and oxygen atoms in total. The lowest BCUT2D eigenvalue weighted by molar-refractivity contribution is 0.360. The Balaban J connectivity index is 2.44. The van der Waals surface area contributed by atoms with Crippen molar-refractivity contribution in [3.8, 4) is 0 Å². The molecule has 1 aromatic rings. The van der Waals surface area contributed by atoms with E-state index in [1.54, 1.807) is 0 Å². The maximum Gasteiger partial charge on any atom is 0.0534 e. The summed E-state index contributed by atoms with van der Waals surface area (Å²) in [7, 11) is 0. The number of H-pyrrole nitrogens is 1. The summed E-state index contributed by atoms with van der Waals surface area (Å²) in [6, 6.07) is 0.919. The lowest BCUT2D eigenvalue weighted by Gasteiger charge is -2.23. The van der Waals surface area contributed by atoms with E-state index in [-0.39, 0.29) is 0 Å². The van der Waals surface area contributed by atoms with Gasteiger partial charge in [0.2, 0.25) is 0 Å². The van der Waals surface area contributed by atoms with Gasteiger partial charge >= 0.3 is 0 Å². The molecule has 3 unspecified atom stereocenters. The van der Waals surface area contributed by atoms with Crippen LogP contribution in [0.4, 0.5) is 0 Å². The van der Waals surface area contributed by atoms with E-state index in [4.69, 9.17) is 0 Å². The first-order valence-corrected chi connectivity index (χ1v) is 5.39. The minimum absolute atomic E-state index is 0.373. The average Bonchev–Trinajstić information content (AvgIpc) is 2.69. The summed E-state index contributed by atoms with van der Waals surface area (Å²) in [5, 5.41) is 10.4. The maximum atomic E-state index is 3.95. The zero-order valence-electron chi connectivity index (χ0n) is 9.54. The molecular weight excluding hydrogens is 174 g/mol. The summed E-state index contributed by atoms with van der Waals surface area (Å²) >= 11 is 0. The van der Waals surface area contributed by atoms with Crippen molar-refractivity contribution in [1.29, 1.82) is 0 Å². The largest absolute Gasteiger partial charge is 0.307 e. The highest BCUT2D eigenvalue weighted by Gasteiger charge is 2.14. The highest BCUT2D eigenvalue weighted by molar-refractivity contribution is 5.08. The van der Waals surface area contributed by atoms with Crippen LogP contribution >= 0.6 is 0 Å². The summed E-state index contributed by atoms with van der Waals surface area (Å²) in [4.78, 5) is 0. The number of nitrogens with zero attached hydrogens (tertiary/aromatic N) is 1. The van der Waals surface area contributed by atoms with Crippen LogP contribution in [0.25, 0.3) is 0 Å². The fourth-order valence-electron chi connectivity index (χ4n) is 1.51. The summed E-state index contributed by atoms with van der Waals surface area (Å²) in [6.45, 7) is 8.92. The van der Waals surface area contributed by atoms with E-state index >= 15 is 0 Å². The second-order valence-electron chi connectivity index (χ2n) is 4.09. The van der Waals surface area contributed by atoms with Crippen molar-refractivity contribution in [2.45, 2.75) is 46.2 Å². The Morgan fingerprint density at radius 1 is 1.43 bits per heavy atom. The quantitative estimate of drug-likeness (QED) is 0.758. The minimum atomic E-state index is 0.373. The van der Waals surface area contributed by atoms with Gasteiger partial charge in [-0.15, -0.1) is 0 Å². The molecule has 0 aliphatic carbocycles. The zero-order chi connectivity index (χ0) is 10.6. The third-order valence-electron chi connectivity index (χ3n) is 3.03. The lowest BCUT2D eigenvalue weighted by atomic mass is 9.99. The highest BCUT2D eigenvalue weighted by Crippen LogP contribution is 2.14. The Morgan fingerprint density at radius 2 is 2.14 bits per heavy atom. The van der Waals surface area contributed by atoms with Gasteiger partial charge in [-0.25, -0.2) is 0 Å². The smallest absolute Gasteiger partial charge is 0.0534 e. The summed E-state index contributed by atoms with van der Waals surface area (Å²) in [5.41, 5.74) is 1.22. The standard InChI is InChI=1S/C11H21N3/c1-5-8(2)9(3)14-10(4)11-6-12-13-7-11/h6-10,14H,5H2,1-4H3,(H,12,13). The van der Waals surface area contributed by atoms with Gasteiger partial charge in [-0.1, -0.05) is 20.3 Å². The van der Waals surface area contributed by atoms with Crippen molar-refractivity contribution in [3.63, 3.8) is 0 Å². The van der Waals surface area contributed by atoms with Crippen molar-refractivity contribution >= 4 is 0 Å². The molecule has 1 aromatic heterocycles. The molecule has 0 bridgehead atoms. The van der Waals surface area contributed by atoms with Crippen molar-refractivity contribution in [1.82, 2.24) is 15.5 Å². The second-order valence-corrected chi connectivity index (χ2v) is 4.09. The van der Waals surface area contributed by atoms with E-state index in [9.17, 15) is 0 Å². The van der Waals surface area contributed by atoms with E-state index in [0.29, 0.717) is 18.0 Å². The first kappa shape index (κ1) is 11.2. The molecule has 3 heteroatoms. The summed E-state index contributed by atoms with van der Waals surface area (Å²) in [6.07, 6.45) is 5.04. The third-order valence-corrected chi connectivity index (χ3v) is 3.03. The molecule has 0 amide bonds. The molecule has 80 valence electrons. The van der Waals surface area contributed by atoms with Gasteiger partial charge < -0.3 is 5.32 Å². The molecule has 0 saturated carbocycles. The van der Waals surface area contributed by atoms with Crippen molar-refractivity contribution in [2.24, 2.45) is 5.92 Å². The van der Waals surface area contributed by atoms with Crippen LogP contribution < -0.4 is 5.32 Å². The first-order chi connectivity index (χ1) is 6.65. The molecular formula is C11H21N3. The molecule has 0 radical (unpaired) electrons. The van der Waals surface area contributed by atoms with Gasteiger partial charge in [0.25, 0.3) is 0 Å². The number of aromatic amines is 1. The number of hydrogen-bond donors (Lipinski definition) is 2. The second kappa shape index (κ2) is 5.15. The topological polar surface area (TPSA) is 40.7 Å². The zero-order valence-corrected chi connectivity index (χ0v) is 9.54. The molecule has 0 saturated heterocycles. The van der Waals surface area contributed by atoms with Gasteiger partial charge in [-0.3, -0.25) is 5.10 Å². The van der Waals surface area contributed by atoms with Gasteiger partial charge in [0, 0.05) is 23.8 Å². The predicted molar refractivity (Wildman–Crippen MR) is 59.1 cm³/mol. The molecule has 2 N–H and O–H groups in total. The van der Waals surface area contributed by atoms with Crippen LogP contribution in [0.15, 0.2) is 12.4 Å². The van der Waals surface area contributed by atoms with Crippen LogP contribution in [0, 0.1) is 5.92 Å². The van der Waals surface area contributed by atoms with E-state index in [1.165, 1.54) is 12.0 Å². The average molecular weight is 195 g/mol. The lowest BCUT2D eigenvalue weighted by Crippen LogP contribution is -2.33. The molecule has 0 fully saturated rings. The Labute approximate surface area is 86.3 Å². The number of nitrogens with one attached hydrogen (secondary N) is 2. The Morgan fingerprint density at radius 3 is 2.64 bits per heavy atom. The Hall–Kier alpha value is -0.830. The first-order valence-electron chi connectivity index (χ1n) is 5.39. The van der Waals surface area contributed by atoms with Gasteiger partial charge in [-0.2, -0.15) is 5.10 Å². The van der Waals surface area contributed by atoms with E-state index < -0.39 is 0 Å². The van der Waals surface area contributed by atoms with Crippen LogP contribution in [0.5, 0.6) is 0 Å². The number of hydrogen-bond acceptors (Lipinski definition) is 2. The normalized spacial score (nSPS) is 17.7. The van der Waals surface area contributed by atoms with Crippen molar-refractivity contribution in [3.05, 3.63) is 18.0 Å². The monoisotopic (exact) mass is 195 g/mol. The third kappa shape index (κ3) is 2.84.